The Bertz CT molecular complexity index is 420. The van der Waals surface area contributed by atoms with Crippen molar-refractivity contribution in [1.82, 2.24) is 0 Å². The predicted molar refractivity (Wildman–Crippen MR) is 59.8 cm³/mol. The number of halogens is 1. The minimum atomic E-state index is -0.717. The van der Waals surface area contributed by atoms with E-state index in [2.05, 4.69) is 6.07 Å². The third kappa shape index (κ3) is 2.37. The summed E-state index contributed by atoms with van der Waals surface area (Å²) in [6.45, 7) is 3.40. The van der Waals surface area contributed by atoms with Gasteiger partial charge in [-0.3, -0.25) is 4.79 Å². The van der Waals surface area contributed by atoms with Crippen LogP contribution in [0.5, 0.6) is 0 Å². The second-order valence-corrected chi connectivity index (χ2v) is 3.76. The molecule has 0 aliphatic rings. The summed E-state index contributed by atoms with van der Waals surface area (Å²) >= 11 is 5.95. The second kappa shape index (κ2) is 4.95. The van der Waals surface area contributed by atoms with Gasteiger partial charge in [0, 0.05) is 0 Å². The molecule has 0 radical (unpaired) electrons. The van der Waals surface area contributed by atoms with Gasteiger partial charge in [0.15, 0.2) is 5.78 Å². The number of alkyl halides is 1. The molecule has 0 amide bonds. The Hall–Kier alpha value is -1.33. The summed E-state index contributed by atoms with van der Waals surface area (Å²) in [5, 5.41) is 8.32. The van der Waals surface area contributed by atoms with E-state index in [9.17, 15) is 4.79 Å². The fraction of sp³-hybridized carbons (Fsp3) is 0.333. The lowest BCUT2D eigenvalue weighted by molar-refractivity contribution is -0.116. The van der Waals surface area contributed by atoms with Gasteiger partial charge in [-0.15, -0.1) is 11.6 Å². The summed E-state index contributed by atoms with van der Waals surface area (Å²) in [6.07, 6.45) is 0.762. The van der Waals surface area contributed by atoms with E-state index in [1.807, 2.05) is 19.1 Å². The first kappa shape index (κ1) is 11.7. The van der Waals surface area contributed by atoms with Gasteiger partial charge in [-0.1, -0.05) is 25.1 Å². The zero-order chi connectivity index (χ0) is 11.4. The Morgan fingerprint density at radius 3 is 2.73 bits per heavy atom. The van der Waals surface area contributed by atoms with Gasteiger partial charge in [-0.25, -0.2) is 0 Å². The Balaban J connectivity index is 3.30. The van der Waals surface area contributed by atoms with Gasteiger partial charge < -0.3 is 0 Å². The smallest absolute Gasteiger partial charge is 0.152 e. The van der Waals surface area contributed by atoms with Crippen molar-refractivity contribution in [3.05, 3.63) is 34.9 Å². The molecule has 0 bridgehead atoms. The van der Waals surface area contributed by atoms with Crippen molar-refractivity contribution >= 4 is 17.4 Å². The molecule has 0 aromatic heterocycles. The average Bonchev–Trinajstić information content (AvgIpc) is 2.26. The molecule has 15 heavy (non-hydrogen) atoms. The molecule has 1 aromatic rings. The Labute approximate surface area is 94.5 Å². The summed E-state index contributed by atoms with van der Waals surface area (Å²) in [5.74, 6) is -0.138. The largest absolute Gasteiger partial charge is 0.298 e. The van der Waals surface area contributed by atoms with Gasteiger partial charge in [0.05, 0.1) is 11.6 Å². The zero-order valence-electron chi connectivity index (χ0n) is 8.75. The number of benzene rings is 1. The summed E-state index contributed by atoms with van der Waals surface area (Å²) in [4.78, 5) is 11.2. The maximum absolute atomic E-state index is 11.2. The number of aryl methyl sites for hydroxylation is 1. The molecule has 78 valence electrons. The topological polar surface area (TPSA) is 40.9 Å². The number of nitrogens with zero attached hydrogens (tertiary/aromatic N) is 1. The highest BCUT2D eigenvalue weighted by Crippen LogP contribution is 2.26. The minimum absolute atomic E-state index is 0.138. The Kier molecular flexibility index (Phi) is 3.88. The molecule has 1 aromatic carbocycles. The standard InChI is InChI=1S/C12H12ClNO/c1-3-9-5-4-6-10(11(9)7-14)12(13)8(2)15/h4-6,12H,3H2,1-2H3. The molecule has 2 nitrogen and oxygen atoms in total. The number of carbonyl (C=O) groups is 1. The maximum atomic E-state index is 11.2. The van der Waals surface area contributed by atoms with Gasteiger partial charge in [0.2, 0.25) is 0 Å². The van der Waals surface area contributed by atoms with Crippen LogP contribution < -0.4 is 0 Å². The van der Waals surface area contributed by atoms with Crippen LogP contribution in [0, 0.1) is 11.3 Å². The van der Waals surface area contributed by atoms with Crippen LogP contribution in [0.2, 0.25) is 0 Å². The van der Waals surface area contributed by atoms with E-state index in [-0.39, 0.29) is 5.78 Å². The van der Waals surface area contributed by atoms with Crippen LogP contribution in [0.1, 0.15) is 35.9 Å². The fourth-order valence-electron chi connectivity index (χ4n) is 1.48. The van der Waals surface area contributed by atoms with Crippen molar-refractivity contribution in [2.75, 3.05) is 0 Å². The number of Topliss-reactive ketones (excluding diaryl/α,β-unsaturated/α-hetero) is 1. The van der Waals surface area contributed by atoms with E-state index in [4.69, 9.17) is 16.9 Å². The van der Waals surface area contributed by atoms with E-state index in [1.54, 1.807) is 6.07 Å². The highest BCUT2D eigenvalue weighted by molar-refractivity contribution is 6.31. The van der Waals surface area contributed by atoms with E-state index in [0.717, 1.165) is 12.0 Å². The lowest BCUT2D eigenvalue weighted by atomic mass is 9.97. The number of hydrogen-bond donors (Lipinski definition) is 0. The predicted octanol–water partition coefficient (Wildman–Crippen LogP) is 2.99. The summed E-state index contributed by atoms with van der Waals surface area (Å²) < 4.78 is 0. The number of nitriles is 1. The van der Waals surface area contributed by atoms with Crippen molar-refractivity contribution < 1.29 is 4.79 Å². The van der Waals surface area contributed by atoms with Crippen molar-refractivity contribution in [3.8, 4) is 6.07 Å². The Morgan fingerprint density at radius 2 is 2.27 bits per heavy atom. The Morgan fingerprint density at radius 1 is 1.60 bits per heavy atom. The first-order valence-electron chi connectivity index (χ1n) is 4.78. The molecule has 0 aliphatic carbocycles. The lowest BCUT2D eigenvalue weighted by Gasteiger charge is -2.10. The molecular weight excluding hydrogens is 210 g/mol. The molecule has 1 rings (SSSR count). The van der Waals surface area contributed by atoms with Crippen LogP contribution in [0.15, 0.2) is 18.2 Å². The molecule has 0 saturated heterocycles. The van der Waals surface area contributed by atoms with Gasteiger partial charge in [-0.2, -0.15) is 5.26 Å². The van der Waals surface area contributed by atoms with Crippen molar-refractivity contribution in [2.24, 2.45) is 0 Å². The van der Waals surface area contributed by atoms with Crippen LogP contribution in [0.25, 0.3) is 0 Å². The molecule has 3 heteroatoms. The molecule has 0 fully saturated rings. The van der Waals surface area contributed by atoms with Gasteiger partial charge in [-0.05, 0) is 24.5 Å². The fourth-order valence-corrected chi connectivity index (χ4v) is 1.66. The van der Waals surface area contributed by atoms with E-state index in [1.165, 1.54) is 6.92 Å². The molecule has 0 spiro atoms. The molecule has 0 N–H and O–H groups in total. The van der Waals surface area contributed by atoms with Crippen molar-refractivity contribution in [3.63, 3.8) is 0 Å². The second-order valence-electron chi connectivity index (χ2n) is 3.32. The number of rotatable bonds is 3. The molecule has 0 heterocycles. The minimum Gasteiger partial charge on any atom is -0.298 e. The van der Waals surface area contributed by atoms with Crippen LogP contribution in [0.4, 0.5) is 0 Å². The van der Waals surface area contributed by atoms with Crippen LogP contribution >= 0.6 is 11.6 Å². The molecular formula is C12H12ClNO. The third-order valence-corrected chi connectivity index (χ3v) is 2.85. The van der Waals surface area contributed by atoms with Crippen LogP contribution in [-0.4, -0.2) is 5.78 Å². The van der Waals surface area contributed by atoms with Crippen molar-refractivity contribution in [2.45, 2.75) is 25.6 Å². The van der Waals surface area contributed by atoms with E-state index in [0.29, 0.717) is 11.1 Å². The number of ketones is 1. The first-order valence-corrected chi connectivity index (χ1v) is 5.21. The highest BCUT2D eigenvalue weighted by atomic mass is 35.5. The highest BCUT2D eigenvalue weighted by Gasteiger charge is 2.18. The van der Waals surface area contributed by atoms with Gasteiger partial charge >= 0.3 is 0 Å². The molecule has 1 unspecified atom stereocenters. The quantitative estimate of drug-likeness (QED) is 0.737. The van der Waals surface area contributed by atoms with Crippen LogP contribution in [-0.2, 0) is 11.2 Å². The van der Waals surface area contributed by atoms with E-state index < -0.39 is 5.38 Å². The summed E-state index contributed by atoms with van der Waals surface area (Å²) in [5.41, 5.74) is 2.09. The summed E-state index contributed by atoms with van der Waals surface area (Å²) in [6, 6.07) is 7.55. The van der Waals surface area contributed by atoms with E-state index >= 15 is 0 Å². The molecule has 0 saturated carbocycles. The maximum Gasteiger partial charge on any atom is 0.152 e. The van der Waals surface area contributed by atoms with Gasteiger partial charge in [0.25, 0.3) is 0 Å². The normalized spacial score (nSPS) is 11.9. The zero-order valence-corrected chi connectivity index (χ0v) is 9.51. The van der Waals surface area contributed by atoms with Crippen LogP contribution in [0.3, 0.4) is 0 Å². The third-order valence-electron chi connectivity index (χ3n) is 2.31. The average molecular weight is 222 g/mol. The first-order chi connectivity index (χ1) is 7.11. The van der Waals surface area contributed by atoms with Gasteiger partial charge in [0.1, 0.15) is 5.38 Å². The number of carbonyl (C=O) groups excluding carboxylic acids is 1. The molecule has 0 aliphatic heterocycles. The lowest BCUT2D eigenvalue weighted by Crippen LogP contribution is -2.05. The summed E-state index contributed by atoms with van der Waals surface area (Å²) in [7, 11) is 0. The SMILES string of the molecule is CCc1cccc(C(Cl)C(C)=O)c1C#N. The molecule has 1 atom stereocenters. The monoisotopic (exact) mass is 221 g/mol. The number of hydrogen-bond acceptors (Lipinski definition) is 2. The van der Waals surface area contributed by atoms with Crippen molar-refractivity contribution in [1.29, 1.82) is 5.26 Å².